The van der Waals surface area contributed by atoms with Crippen molar-refractivity contribution in [1.29, 1.82) is 0 Å². The first-order chi connectivity index (χ1) is 9.09. The highest BCUT2D eigenvalue weighted by Crippen LogP contribution is 2.27. The molecule has 2 rings (SSSR count). The predicted octanol–water partition coefficient (Wildman–Crippen LogP) is 0.308. The Morgan fingerprint density at radius 3 is 2.42 bits per heavy atom. The Morgan fingerprint density at radius 2 is 1.95 bits per heavy atom. The molecule has 2 aliphatic rings. The summed E-state index contributed by atoms with van der Waals surface area (Å²) in [5, 5.41) is 3.13. The van der Waals surface area contributed by atoms with Crippen molar-refractivity contribution < 1.29 is 9.53 Å². The van der Waals surface area contributed by atoms with Gasteiger partial charge in [0.25, 0.3) is 0 Å². The maximum atomic E-state index is 12.0. The van der Waals surface area contributed by atoms with E-state index in [9.17, 15) is 4.79 Å². The molecule has 1 saturated carbocycles. The molecule has 1 N–H and O–H groups in total. The standard InChI is InChI=1S/C14H27N3O2/c1-4-19-13(18)14(2,15-3)11-16-7-9-17(10-8-16)12-5-6-12/h12,15H,4-11H2,1-3H3. The second kappa shape index (κ2) is 6.20. The minimum atomic E-state index is -0.599. The van der Waals surface area contributed by atoms with Crippen LogP contribution in [0, 0.1) is 0 Å². The molecule has 0 aromatic rings. The zero-order valence-electron chi connectivity index (χ0n) is 12.4. The molecule has 0 spiro atoms. The summed E-state index contributed by atoms with van der Waals surface area (Å²) in [5.74, 6) is -0.151. The molecule has 0 bridgehead atoms. The highest BCUT2D eigenvalue weighted by Gasteiger charge is 2.37. The van der Waals surface area contributed by atoms with Crippen molar-refractivity contribution in [2.75, 3.05) is 46.4 Å². The summed E-state index contributed by atoms with van der Waals surface area (Å²) >= 11 is 0. The molecule has 1 atom stereocenters. The molecule has 1 aliphatic carbocycles. The lowest BCUT2D eigenvalue weighted by Crippen LogP contribution is -2.59. The zero-order valence-corrected chi connectivity index (χ0v) is 12.4. The van der Waals surface area contributed by atoms with Gasteiger partial charge in [0.1, 0.15) is 5.54 Å². The fraction of sp³-hybridized carbons (Fsp3) is 0.929. The molecule has 5 heteroatoms. The van der Waals surface area contributed by atoms with Crippen molar-refractivity contribution in [2.24, 2.45) is 0 Å². The summed E-state index contributed by atoms with van der Waals surface area (Å²) in [7, 11) is 1.83. The van der Waals surface area contributed by atoms with Crippen LogP contribution in [0.4, 0.5) is 0 Å². The summed E-state index contributed by atoms with van der Waals surface area (Å²) in [4.78, 5) is 17.0. The van der Waals surface area contributed by atoms with E-state index in [0.29, 0.717) is 6.61 Å². The summed E-state index contributed by atoms with van der Waals surface area (Å²) in [6, 6.07) is 0.850. The minimum Gasteiger partial charge on any atom is -0.465 e. The number of carbonyl (C=O) groups is 1. The normalized spacial score (nSPS) is 25.0. The summed E-state index contributed by atoms with van der Waals surface area (Å²) in [5.41, 5.74) is -0.599. The highest BCUT2D eigenvalue weighted by atomic mass is 16.5. The molecule has 0 aromatic heterocycles. The van der Waals surface area contributed by atoms with Gasteiger partial charge in [-0.2, -0.15) is 0 Å². The van der Waals surface area contributed by atoms with Gasteiger partial charge in [0, 0.05) is 38.8 Å². The van der Waals surface area contributed by atoms with Crippen molar-refractivity contribution >= 4 is 5.97 Å². The zero-order chi connectivity index (χ0) is 13.9. The van der Waals surface area contributed by atoms with Gasteiger partial charge in [-0.15, -0.1) is 0 Å². The van der Waals surface area contributed by atoms with E-state index >= 15 is 0 Å². The van der Waals surface area contributed by atoms with Gasteiger partial charge in [-0.05, 0) is 33.7 Å². The van der Waals surface area contributed by atoms with E-state index in [4.69, 9.17) is 4.74 Å². The monoisotopic (exact) mass is 269 g/mol. The van der Waals surface area contributed by atoms with E-state index in [1.807, 2.05) is 20.9 Å². The SMILES string of the molecule is CCOC(=O)C(C)(CN1CCN(C2CC2)CC1)NC. The van der Waals surface area contributed by atoms with E-state index in [-0.39, 0.29) is 5.97 Å². The third kappa shape index (κ3) is 3.68. The third-order valence-corrected chi connectivity index (χ3v) is 4.29. The Labute approximate surface area is 116 Å². The van der Waals surface area contributed by atoms with E-state index < -0.39 is 5.54 Å². The molecule has 1 aliphatic heterocycles. The number of piperazine rings is 1. The van der Waals surface area contributed by atoms with E-state index in [0.717, 1.165) is 38.8 Å². The van der Waals surface area contributed by atoms with Crippen LogP contribution < -0.4 is 5.32 Å². The number of hydrogen-bond acceptors (Lipinski definition) is 5. The maximum Gasteiger partial charge on any atom is 0.327 e. The molecular formula is C14H27N3O2. The quantitative estimate of drug-likeness (QED) is 0.703. The van der Waals surface area contributed by atoms with Crippen LogP contribution in [-0.4, -0.2) is 73.7 Å². The average Bonchev–Trinajstić information content (AvgIpc) is 3.24. The van der Waals surface area contributed by atoms with Gasteiger partial charge >= 0.3 is 5.97 Å². The predicted molar refractivity (Wildman–Crippen MR) is 75.1 cm³/mol. The van der Waals surface area contributed by atoms with Gasteiger partial charge in [-0.25, -0.2) is 0 Å². The first-order valence-electron chi connectivity index (χ1n) is 7.41. The summed E-state index contributed by atoms with van der Waals surface area (Å²) in [6.45, 7) is 9.30. The molecule has 5 nitrogen and oxygen atoms in total. The van der Waals surface area contributed by atoms with E-state index in [1.165, 1.54) is 12.8 Å². The average molecular weight is 269 g/mol. The van der Waals surface area contributed by atoms with Gasteiger partial charge < -0.3 is 10.1 Å². The van der Waals surface area contributed by atoms with Crippen molar-refractivity contribution in [3.05, 3.63) is 0 Å². The van der Waals surface area contributed by atoms with Crippen LogP contribution in [0.2, 0.25) is 0 Å². The Kier molecular flexibility index (Phi) is 4.81. The van der Waals surface area contributed by atoms with Crippen molar-refractivity contribution in [3.63, 3.8) is 0 Å². The van der Waals surface area contributed by atoms with Crippen LogP contribution >= 0.6 is 0 Å². The fourth-order valence-corrected chi connectivity index (χ4v) is 2.71. The van der Waals surface area contributed by atoms with E-state index in [1.54, 1.807) is 0 Å². The number of ether oxygens (including phenoxy) is 1. The molecule has 19 heavy (non-hydrogen) atoms. The molecular weight excluding hydrogens is 242 g/mol. The number of rotatable bonds is 6. The number of carbonyl (C=O) groups excluding carboxylic acids is 1. The smallest absolute Gasteiger partial charge is 0.327 e. The van der Waals surface area contributed by atoms with Crippen molar-refractivity contribution in [2.45, 2.75) is 38.3 Å². The molecule has 1 unspecified atom stereocenters. The minimum absolute atomic E-state index is 0.151. The van der Waals surface area contributed by atoms with Crippen LogP contribution in [0.3, 0.4) is 0 Å². The van der Waals surface area contributed by atoms with E-state index in [2.05, 4.69) is 15.1 Å². The lowest BCUT2D eigenvalue weighted by molar-refractivity contribution is -0.151. The third-order valence-electron chi connectivity index (χ3n) is 4.29. The van der Waals surface area contributed by atoms with Gasteiger partial charge in [-0.3, -0.25) is 14.6 Å². The van der Waals surface area contributed by atoms with Crippen LogP contribution in [-0.2, 0) is 9.53 Å². The Balaban J connectivity index is 1.83. The number of likely N-dealkylation sites (N-methyl/N-ethyl adjacent to an activating group) is 1. The molecule has 0 aromatic carbocycles. The molecule has 2 fully saturated rings. The van der Waals surface area contributed by atoms with Crippen LogP contribution in [0.1, 0.15) is 26.7 Å². The topological polar surface area (TPSA) is 44.8 Å². The van der Waals surface area contributed by atoms with Crippen molar-refractivity contribution in [3.8, 4) is 0 Å². The summed E-state index contributed by atoms with van der Waals surface area (Å²) < 4.78 is 5.17. The van der Waals surface area contributed by atoms with Crippen LogP contribution in [0.5, 0.6) is 0 Å². The molecule has 1 heterocycles. The Morgan fingerprint density at radius 1 is 1.32 bits per heavy atom. The lowest BCUT2D eigenvalue weighted by Gasteiger charge is -2.39. The first kappa shape index (κ1) is 14.8. The first-order valence-corrected chi connectivity index (χ1v) is 7.41. The fourth-order valence-electron chi connectivity index (χ4n) is 2.71. The number of esters is 1. The lowest BCUT2D eigenvalue weighted by atomic mass is 10.0. The maximum absolute atomic E-state index is 12.0. The number of nitrogens with one attached hydrogen (secondary N) is 1. The largest absolute Gasteiger partial charge is 0.465 e. The summed E-state index contributed by atoms with van der Waals surface area (Å²) in [6.07, 6.45) is 2.74. The molecule has 1 saturated heterocycles. The van der Waals surface area contributed by atoms with Crippen LogP contribution in [0.15, 0.2) is 0 Å². The number of hydrogen-bond donors (Lipinski definition) is 1. The molecule has 0 amide bonds. The van der Waals surface area contributed by atoms with Crippen molar-refractivity contribution in [1.82, 2.24) is 15.1 Å². The Bertz CT molecular complexity index is 312. The molecule has 110 valence electrons. The number of nitrogens with zero attached hydrogens (tertiary/aromatic N) is 2. The highest BCUT2D eigenvalue weighted by molar-refractivity contribution is 5.80. The van der Waals surface area contributed by atoms with Crippen LogP contribution in [0.25, 0.3) is 0 Å². The van der Waals surface area contributed by atoms with Gasteiger partial charge in [0.2, 0.25) is 0 Å². The second-order valence-electron chi connectivity index (χ2n) is 5.85. The molecule has 0 radical (unpaired) electrons. The van der Waals surface area contributed by atoms with Gasteiger partial charge in [0.05, 0.1) is 6.61 Å². The second-order valence-corrected chi connectivity index (χ2v) is 5.85. The van der Waals surface area contributed by atoms with Gasteiger partial charge in [-0.1, -0.05) is 0 Å². The Hall–Kier alpha value is -0.650. The van der Waals surface area contributed by atoms with Gasteiger partial charge in [0.15, 0.2) is 0 Å².